The van der Waals surface area contributed by atoms with Crippen LogP contribution in [0.15, 0.2) is 18.2 Å². The monoisotopic (exact) mass is 253 g/mol. The Bertz CT molecular complexity index is 366. The lowest BCUT2D eigenvalue weighted by molar-refractivity contribution is 0.0697. The van der Waals surface area contributed by atoms with Gasteiger partial charge in [-0.2, -0.15) is 0 Å². The maximum absolute atomic E-state index is 9.74. The van der Waals surface area contributed by atoms with Crippen LogP contribution in [0.3, 0.4) is 0 Å². The topological polar surface area (TPSA) is 50.7 Å². The van der Waals surface area contributed by atoms with Crippen molar-refractivity contribution in [1.82, 2.24) is 5.32 Å². The molecule has 0 bridgehead atoms. The third-order valence-electron chi connectivity index (χ3n) is 2.81. The van der Waals surface area contributed by atoms with Gasteiger partial charge in [0.25, 0.3) is 0 Å². The van der Waals surface area contributed by atoms with Crippen LogP contribution in [0.4, 0.5) is 0 Å². The molecule has 0 aliphatic heterocycles. The van der Waals surface area contributed by atoms with Gasteiger partial charge >= 0.3 is 0 Å². The lowest BCUT2D eigenvalue weighted by atomic mass is 10.1. The predicted octanol–water partition coefficient (Wildman–Crippen LogP) is 1.81. The first kappa shape index (κ1) is 14.8. The van der Waals surface area contributed by atoms with Gasteiger partial charge in [0.1, 0.15) is 18.1 Å². The SMILES string of the molecule is CNCc1cc(OC)ccc1OCC(O)C(C)C. The van der Waals surface area contributed by atoms with Crippen LogP contribution in [0.1, 0.15) is 19.4 Å². The molecule has 2 N–H and O–H groups in total. The van der Waals surface area contributed by atoms with Gasteiger partial charge in [0.15, 0.2) is 0 Å². The number of methoxy groups -OCH3 is 1. The highest BCUT2D eigenvalue weighted by atomic mass is 16.5. The van der Waals surface area contributed by atoms with Gasteiger partial charge in [-0.15, -0.1) is 0 Å². The molecule has 0 aromatic heterocycles. The van der Waals surface area contributed by atoms with E-state index in [-0.39, 0.29) is 5.92 Å². The summed E-state index contributed by atoms with van der Waals surface area (Å²) in [7, 11) is 3.52. The fourth-order valence-corrected chi connectivity index (χ4v) is 1.52. The number of ether oxygens (including phenoxy) is 2. The van der Waals surface area contributed by atoms with Crippen molar-refractivity contribution < 1.29 is 14.6 Å². The average molecular weight is 253 g/mol. The normalized spacial score (nSPS) is 12.6. The van der Waals surface area contributed by atoms with E-state index in [2.05, 4.69) is 5.32 Å². The Morgan fingerprint density at radius 1 is 1.33 bits per heavy atom. The maximum Gasteiger partial charge on any atom is 0.124 e. The third kappa shape index (κ3) is 4.20. The summed E-state index contributed by atoms with van der Waals surface area (Å²) in [6, 6.07) is 5.67. The summed E-state index contributed by atoms with van der Waals surface area (Å²) in [5, 5.41) is 12.8. The van der Waals surface area contributed by atoms with Gasteiger partial charge in [-0.25, -0.2) is 0 Å². The zero-order valence-electron chi connectivity index (χ0n) is 11.6. The van der Waals surface area contributed by atoms with E-state index in [9.17, 15) is 5.11 Å². The molecule has 0 radical (unpaired) electrons. The van der Waals surface area contributed by atoms with Crippen molar-refractivity contribution in [3.8, 4) is 11.5 Å². The Balaban J connectivity index is 2.74. The number of hydrogen-bond acceptors (Lipinski definition) is 4. The molecule has 0 aliphatic rings. The fourth-order valence-electron chi connectivity index (χ4n) is 1.52. The minimum absolute atomic E-state index is 0.191. The molecular weight excluding hydrogens is 230 g/mol. The quantitative estimate of drug-likeness (QED) is 0.778. The van der Waals surface area contributed by atoms with Crippen LogP contribution in [-0.2, 0) is 6.54 Å². The highest BCUT2D eigenvalue weighted by molar-refractivity contribution is 5.40. The number of aliphatic hydroxyl groups excluding tert-OH is 1. The van der Waals surface area contributed by atoms with Gasteiger partial charge in [-0.05, 0) is 31.2 Å². The molecule has 0 amide bonds. The minimum atomic E-state index is -0.450. The maximum atomic E-state index is 9.74. The molecule has 1 aromatic rings. The minimum Gasteiger partial charge on any atom is -0.497 e. The van der Waals surface area contributed by atoms with Gasteiger partial charge < -0.3 is 19.9 Å². The summed E-state index contributed by atoms with van der Waals surface area (Å²) < 4.78 is 10.9. The first-order valence-electron chi connectivity index (χ1n) is 6.20. The first-order valence-corrected chi connectivity index (χ1v) is 6.20. The third-order valence-corrected chi connectivity index (χ3v) is 2.81. The number of benzene rings is 1. The molecule has 4 heteroatoms. The predicted molar refractivity (Wildman–Crippen MR) is 72.1 cm³/mol. The van der Waals surface area contributed by atoms with Crippen LogP contribution < -0.4 is 14.8 Å². The van der Waals surface area contributed by atoms with Crippen molar-refractivity contribution in [2.75, 3.05) is 20.8 Å². The Labute approximate surface area is 109 Å². The Hall–Kier alpha value is -1.26. The highest BCUT2D eigenvalue weighted by Gasteiger charge is 2.12. The molecule has 0 saturated heterocycles. The fraction of sp³-hybridized carbons (Fsp3) is 0.571. The molecule has 0 heterocycles. The van der Waals surface area contributed by atoms with Crippen LogP contribution in [0.25, 0.3) is 0 Å². The second kappa shape index (κ2) is 7.24. The van der Waals surface area contributed by atoms with Crippen molar-refractivity contribution in [3.05, 3.63) is 23.8 Å². The van der Waals surface area contributed by atoms with E-state index in [1.807, 2.05) is 39.1 Å². The molecule has 1 unspecified atom stereocenters. The average Bonchev–Trinajstić information content (AvgIpc) is 2.36. The van der Waals surface area contributed by atoms with Crippen molar-refractivity contribution in [1.29, 1.82) is 0 Å². The zero-order valence-corrected chi connectivity index (χ0v) is 11.6. The molecular formula is C14H23NO3. The molecule has 0 aliphatic carbocycles. The van der Waals surface area contributed by atoms with Crippen molar-refractivity contribution in [2.45, 2.75) is 26.5 Å². The molecule has 102 valence electrons. The summed E-state index contributed by atoms with van der Waals surface area (Å²) in [5.74, 6) is 1.78. The summed E-state index contributed by atoms with van der Waals surface area (Å²) in [6.07, 6.45) is -0.450. The van der Waals surface area contributed by atoms with Gasteiger partial charge in [-0.1, -0.05) is 13.8 Å². The van der Waals surface area contributed by atoms with E-state index in [0.29, 0.717) is 13.2 Å². The first-order chi connectivity index (χ1) is 8.58. The van der Waals surface area contributed by atoms with Gasteiger partial charge in [0.2, 0.25) is 0 Å². The lowest BCUT2D eigenvalue weighted by Crippen LogP contribution is -2.23. The van der Waals surface area contributed by atoms with Crippen molar-refractivity contribution in [3.63, 3.8) is 0 Å². The number of hydrogen-bond donors (Lipinski definition) is 2. The smallest absolute Gasteiger partial charge is 0.124 e. The van der Waals surface area contributed by atoms with Crippen LogP contribution in [0, 0.1) is 5.92 Å². The van der Waals surface area contributed by atoms with E-state index < -0.39 is 6.10 Å². The summed E-state index contributed by atoms with van der Waals surface area (Å²) >= 11 is 0. The zero-order chi connectivity index (χ0) is 13.5. The molecule has 1 atom stereocenters. The molecule has 18 heavy (non-hydrogen) atoms. The Morgan fingerprint density at radius 3 is 2.61 bits per heavy atom. The van der Waals surface area contributed by atoms with Crippen molar-refractivity contribution in [2.24, 2.45) is 5.92 Å². The Kier molecular flexibility index (Phi) is 5.95. The standard InChI is InChI=1S/C14H23NO3/c1-10(2)13(16)9-18-14-6-5-12(17-4)7-11(14)8-15-3/h5-7,10,13,15-16H,8-9H2,1-4H3. The number of aliphatic hydroxyl groups is 1. The van der Waals surface area contributed by atoms with E-state index in [1.165, 1.54) is 0 Å². The van der Waals surface area contributed by atoms with Crippen molar-refractivity contribution >= 4 is 0 Å². The van der Waals surface area contributed by atoms with Crippen LogP contribution in [-0.4, -0.2) is 32.0 Å². The van der Waals surface area contributed by atoms with Crippen LogP contribution >= 0.6 is 0 Å². The lowest BCUT2D eigenvalue weighted by Gasteiger charge is -2.17. The Morgan fingerprint density at radius 2 is 2.06 bits per heavy atom. The summed E-state index contributed by atoms with van der Waals surface area (Å²) in [5.41, 5.74) is 1.02. The summed E-state index contributed by atoms with van der Waals surface area (Å²) in [6.45, 7) is 4.94. The molecule has 1 aromatic carbocycles. The molecule has 1 rings (SSSR count). The molecule has 0 spiro atoms. The van der Waals surface area contributed by atoms with E-state index in [1.54, 1.807) is 7.11 Å². The van der Waals surface area contributed by atoms with Crippen LogP contribution in [0.2, 0.25) is 0 Å². The van der Waals surface area contributed by atoms with Crippen LogP contribution in [0.5, 0.6) is 11.5 Å². The number of rotatable bonds is 7. The van der Waals surface area contributed by atoms with Gasteiger partial charge in [-0.3, -0.25) is 0 Å². The summed E-state index contributed by atoms with van der Waals surface area (Å²) in [4.78, 5) is 0. The highest BCUT2D eigenvalue weighted by Crippen LogP contribution is 2.24. The van der Waals surface area contributed by atoms with Gasteiger partial charge in [0, 0.05) is 12.1 Å². The van der Waals surface area contributed by atoms with E-state index in [0.717, 1.165) is 17.1 Å². The number of nitrogens with one attached hydrogen (secondary N) is 1. The molecule has 0 saturated carbocycles. The van der Waals surface area contributed by atoms with Gasteiger partial charge in [0.05, 0.1) is 13.2 Å². The molecule has 0 fully saturated rings. The van der Waals surface area contributed by atoms with E-state index >= 15 is 0 Å². The largest absolute Gasteiger partial charge is 0.497 e. The second-order valence-electron chi connectivity index (χ2n) is 4.63. The second-order valence-corrected chi connectivity index (χ2v) is 4.63. The van der Waals surface area contributed by atoms with E-state index in [4.69, 9.17) is 9.47 Å². The molecule has 4 nitrogen and oxygen atoms in total.